The smallest absolute Gasteiger partial charge is 0.198 e. The number of hydrogen-bond acceptors (Lipinski definition) is 4. The second-order valence-electron chi connectivity index (χ2n) is 4.29. The van der Waals surface area contributed by atoms with E-state index in [1.165, 1.54) is 0 Å². The molecule has 1 aromatic carbocycles. The Morgan fingerprint density at radius 1 is 1.39 bits per heavy atom. The van der Waals surface area contributed by atoms with Gasteiger partial charge in [0, 0.05) is 6.42 Å². The van der Waals surface area contributed by atoms with Gasteiger partial charge in [-0.3, -0.25) is 0 Å². The van der Waals surface area contributed by atoms with Crippen LogP contribution in [0.4, 0.5) is 0 Å². The maximum atomic E-state index is 9.38. The topological polar surface area (TPSA) is 58.3 Å². The van der Waals surface area contributed by atoms with Crippen molar-refractivity contribution in [1.29, 1.82) is 0 Å². The molecule has 96 valence electrons. The minimum Gasteiger partial charge on any atom is -0.508 e. The first kappa shape index (κ1) is 12.6. The zero-order valence-electron chi connectivity index (χ0n) is 10.5. The van der Waals surface area contributed by atoms with E-state index in [-0.39, 0.29) is 5.75 Å². The maximum absolute atomic E-state index is 9.38. The summed E-state index contributed by atoms with van der Waals surface area (Å²) in [5, 5.41) is 12.5. The summed E-state index contributed by atoms with van der Waals surface area (Å²) in [6.07, 6.45) is 4.30. The Labute approximate surface area is 107 Å². The van der Waals surface area contributed by atoms with E-state index in [1.807, 2.05) is 19.2 Å². The Morgan fingerprint density at radius 2 is 2.28 bits per heavy atom. The van der Waals surface area contributed by atoms with E-state index in [2.05, 4.69) is 10.3 Å². The van der Waals surface area contributed by atoms with Gasteiger partial charge in [0.15, 0.2) is 5.89 Å². The van der Waals surface area contributed by atoms with Crippen molar-refractivity contribution in [2.24, 2.45) is 0 Å². The van der Waals surface area contributed by atoms with Gasteiger partial charge in [0.25, 0.3) is 0 Å². The van der Waals surface area contributed by atoms with Gasteiger partial charge in [0.05, 0.1) is 5.69 Å². The monoisotopic (exact) mass is 246 g/mol. The fraction of sp³-hybridized carbons (Fsp3) is 0.357. The Balaban J connectivity index is 1.94. The molecule has 2 N–H and O–H groups in total. The van der Waals surface area contributed by atoms with Crippen molar-refractivity contribution >= 4 is 0 Å². The number of hydrogen-bond donors (Lipinski definition) is 2. The average molecular weight is 246 g/mol. The van der Waals surface area contributed by atoms with Gasteiger partial charge >= 0.3 is 0 Å². The summed E-state index contributed by atoms with van der Waals surface area (Å²) < 4.78 is 5.43. The van der Waals surface area contributed by atoms with Crippen molar-refractivity contribution in [2.45, 2.75) is 19.3 Å². The minimum atomic E-state index is 0.272. The van der Waals surface area contributed by atoms with Crippen LogP contribution >= 0.6 is 0 Å². The molecular formula is C14H18N2O2. The zero-order chi connectivity index (χ0) is 12.8. The number of nitrogens with zero attached hydrogens (tertiary/aromatic N) is 1. The fourth-order valence-corrected chi connectivity index (χ4v) is 1.83. The van der Waals surface area contributed by atoms with Crippen LogP contribution in [0.15, 0.2) is 34.9 Å². The largest absolute Gasteiger partial charge is 0.508 e. The summed E-state index contributed by atoms with van der Waals surface area (Å²) in [6.45, 7) is 0.981. The number of nitrogens with one attached hydrogen (secondary N) is 1. The molecule has 4 heteroatoms. The molecule has 4 nitrogen and oxygen atoms in total. The second kappa shape index (κ2) is 6.21. The number of benzene rings is 1. The SMILES string of the molecule is CNCCCc1coc(Cc2cccc(O)c2)n1. The summed E-state index contributed by atoms with van der Waals surface area (Å²) >= 11 is 0. The fourth-order valence-electron chi connectivity index (χ4n) is 1.83. The summed E-state index contributed by atoms with van der Waals surface area (Å²) in [7, 11) is 1.94. The van der Waals surface area contributed by atoms with E-state index in [1.54, 1.807) is 18.4 Å². The summed E-state index contributed by atoms with van der Waals surface area (Å²) in [5.41, 5.74) is 1.99. The van der Waals surface area contributed by atoms with Gasteiger partial charge in [-0.15, -0.1) is 0 Å². The Kier molecular flexibility index (Phi) is 4.36. The van der Waals surface area contributed by atoms with Crippen LogP contribution in [0.3, 0.4) is 0 Å². The lowest BCUT2D eigenvalue weighted by atomic mass is 10.1. The number of oxazole rings is 1. The van der Waals surface area contributed by atoms with Gasteiger partial charge in [-0.05, 0) is 44.1 Å². The number of aryl methyl sites for hydroxylation is 1. The van der Waals surface area contributed by atoms with Crippen molar-refractivity contribution in [3.05, 3.63) is 47.7 Å². The molecule has 0 bridgehead atoms. The van der Waals surface area contributed by atoms with Crippen LogP contribution in [-0.4, -0.2) is 23.7 Å². The van der Waals surface area contributed by atoms with Crippen molar-refractivity contribution in [1.82, 2.24) is 10.3 Å². The molecule has 0 saturated carbocycles. The number of phenolic OH excluding ortho intramolecular Hbond substituents is 1. The highest BCUT2D eigenvalue weighted by molar-refractivity contribution is 5.28. The molecule has 1 heterocycles. The molecular weight excluding hydrogens is 228 g/mol. The lowest BCUT2D eigenvalue weighted by Gasteiger charge is -1.98. The standard InChI is InChI=1S/C14H18N2O2/c1-15-7-3-5-12-10-18-14(16-12)9-11-4-2-6-13(17)8-11/h2,4,6,8,10,15,17H,3,5,7,9H2,1H3. The number of aromatic hydroxyl groups is 1. The summed E-state index contributed by atoms with van der Waals surface area (Å²) in [5.74, 6) is 0.966. The van der Waals surface area contributed by atoms with Crippen LogP contribution in [0.25, 0.3) is 0 Å². The van der Waals surface area contributed by atoms with Gasteiger partial charge < -0.3 is 14.8 Å². The Hall–Kier alpha value is -1.81. The molecule has 0 atom stereocenters. The normalized spacial score (nSPS) is 10.7. The van der Waals surface area contributed by atoms with Crippen molar-refractivity contribution < 1.29 is 9.52 Å². The van der Waals surface area contributed by atoms with Gasteiger partial charge in [-0.25, -0.2) is 4.98 Å². The number of aromatic nitrogens is 1. The van der Waals surface area contributed by atoms with Crippen molar-refractivity contribution in [3.63, 3.8) is 0 Å². The van der Waals surface area contributed by atoms with E-state index >= 15 is 0 Å². The first-order valence-electron chi connectivity index (χ1n) is 6.13. The molecule has 0 saturated heterocycles. The molecule has 1 aromatic heterocycles. The quantitative estimate of drug-likeness (QED) is 0.767. The molecule has 18 heavy (non-hydrogen) atoms. The minimum absolute atomic E-state index is 0.272. The molecule has 2 rings (SSSR count). The van der Waals surface area contributed by atoms with Crippen molar-refractivity contribution in [3.8, 4) is 5.75 Å². The van der Waals surface area contributed by atoms with E-state index in [9.17, 15) is 5.11 Å². The molecule has 2 aromatic rings. The highest BCUT2D eigenvalue weighted by atomic mass is 16.3. The maximum Gasteiger partial charge on any atom is 0.198 e. The van der Waals surface area contributed by atoms with Crippen molar-refractivity contribution in [2.75, 3.05) is 13.6 Å². The lowest BCUT2D eigenvalue weighted by molar-refractivity contribution is 0.473. The average Bonchev–Trinajstić information content (AvgIpc) is 2.77. The van der Waals surface area contributed by atoms with Crippen LogP contribution in [0, 0.1) is 0 Å². The van der Waals surface area contributed by atoms with E-state index in [0.29, 0.717) is 12.3 Å². The summed E-state index contributed by atoms with van der Waals surface area (Å²) in [4.78, 5) is 4.43. The molecule has 0 amide bonds. The van der Waals surface area contributed by atoms with Crippen LogP contribution in [0.5, 0.6) is 5.75 Å². The Morgan fingerprint density at radius 3 is 3.06 bits per heavy atom. The molecule has 0 spiro atoms. The highest BCUT2D eigenvalue weighted by Gasteiger charge is 2.05. The molecule has 0 aliphatic heterocycles. The number of rotatable bonds is 6. The van der Waals surface area contributed by atoms with Gasteiger partial charge in [0.2, 0.25) is 0 Å². The molecule has 0 unspecified atom stereocenters. The number of phenols is 1. The van der Waals surface area contributed by atoms with Gasteiger partial charge in [0.1, 0.15) is 12.0 Å². The van der Waals surface area contributed by atoms with E-state index in [4.69, 9.17) is 4.42 Å². The Bertz CT molecular complexity index is 494. The molecule has 0 aliphatic rings. The predicted molar refractivity (Wildman–Crippen MR) is 69.7 cm³/mol. The third kappa shape index (κ3) is 3.60. The van der Waals surface area contributed by atoms with E-state index in [0.717, 1.165) is 30.6 Å². The predicted octanol–water partition coefficient (Wildman–Crippen LogP) is 2.12. The molecule has 0 fully saturated rings. The van der Waals surface area contributed by atoms with E-state index < -0.39 is 0 Å². The summed E-state index contributed by atoms with van der Waals surface area (Å²) in [6, 6.07) is 7.15. The van der Waals surface area contributed by atoms with Crippen LogP contribution in [-0.2, 0) is 12.8 Å². The third-order valence-corrected chi connectivity index (χ3v) is 2.72. The van der Waals surface area contributed by atoms with Gasteiger partial charge in [-0.1, -0.05) is 12.1 Å². The van der Waals surface area contributed by atoms with Gasteiger partial charge in [-0.2, -0.15) is 0 Å². The van der Waals surface area contributed by atoms with Crippen LogP contribution < -0.4 is 5.32 Å². The van der Waals surface area contributed by atoms with Crippen LogP contribution in [0.1, 0.15) is 23.6 Å². The first-order valence-corrected chi connectivity index (χ1v) is 6.13. The third-order valence-electron chi connectivity index (χ3n) is 2.72. The molecule has 0 aliphatic carbocycles. The molecule has 0 radical (unpaired) electrons. The lowest BCUT2D eigenvalue weighted by Crippen LogP contribution is -2.08. The van der Waals surface area contributed by atoms with Crippen LogP contribution in [0.2, 0.25) is 0 Å². The second-order valence-corrected chi connectivity index (χ2v) is 4.29. The first-order chi connectivity index (χ1) is 8.78. The highest BCUT2D eigenvalue weighted by Crippen LogP contribution is 2.15. The zero-order valence-corrected chi connectivity index (χ0v) is 10.5.